The summed E-state index contributed by atoms with van der Waals surface area (Å²) in [6.07, 6.45) is 6.52. The number of nitrogens with one attached hydrogen (secondary N) is 1. The maximum atomic E-state index is 11.2. The predicted octanol–water partition coefficient (Wildman–Crippen LogP) is 2.11. The number of aromatic nitrogens is 2. The SMILES string of the molecule is CCOC(=O)CNc1cc(C2CCCC2)ncn1. The average molecular weight is 249 g/mol. The van der Waals surface area contributed by atoms with E-state index in [1.807, 2.05) is 6.07 Å². The highest BCUT2D eigenvalue weighted by molar-refractivity contribution is 5.74. The summed E-state index contributed by atoms with van der Waals surface area (Å²) in [4.78, 5) is 19.7. The van der Waals surface area contributed by atoms with E-state index in [-0.39, 0.29) is 12.5 Å². The molecule has 1 saturated carbocycles. The van der Waals surface area contributed by atoms with Crippen LogP contribution in [-0.2, 0) is 9.53 Å². The van der Waals surface area contributed by atoms with Gasteiger partial charge < -0.3 is 10.1 Å². The molecule has 2 rings (SSSR count). The van der Waals surface area contributed by atoms with Gasteiger partial charge >= 0.3 is 5.97 Å². The van der Waals surface area contributed by atoms with Crippen molar-refractivity contribution in [3.8, 4) is 0 Å². The van der Waals surface area contributed by atoms with E-state index in [4.69, 9.17) is 4.74 Å². The summed E-state index contributed by atoms with van der Waals surface area (Å²) in [5, 5.41) is 2.97. The molecule has 98 valence electrons. The van der Waals surface area contributed by atoms with E-state index in [9.17, 15) is 4.79 Å². The number of carbonyl (C=O) groups excluding carboxylic acids is 1. The summed E-state index contributed by atoms with van der Waals surface area (Å²) in [5.41, 5.74) is 1.08. The monoisotopic (exact) mass is 249 g/mol. The van der Waals surface area contributed by atoms with Crippen LogP contribution < -0.4 is 5.32 Å². The third-order valence-corrected chi connectivity index (χ3v) is 3.18. The molecule has 0 bridgehead atoms. The second-order valence-corrected chi connectivity index (χ2v) is 4.47. The lowest BCUT2D eigenvalue weighted by atomic mass is 10.0. The van der Waals surface area contributed by atoms with Gasteiger partial charge in [-0.2, -0.15) is 0 Å². The Bertz CT molecular complexity index is 403. The summed E-state index contributed by atoms with van der Waals surface area (Å²) in [5.74, 6) is 0.981. The van der Waals surface area contributed by atoms with Crippen molar-refractivity contribution in [3.63, 3.8) is 0 Å². The molecule has 0 saturated heterocycles. The average Bonchev–Trinajstić information content (AvgIpc) is 2.91. The molecule has 5 nitrogen and oxygen atoms in total. The molecule has 0 aliphatic heterocycles. The van der Waals surface area contributed by atoms with Gasteiger partial charge in [-0.1, -0.05) is 12.8 Å². The molecule has 1 aliphatic carbocycles. The van der Waals surface area contributed by atoms with Crippen LogP contribution in [0.3, 0.4) is 0 Å². The summed E-state index contributed by atoms with van der Waals surface area (Å²) in [6.45, 7) is 2.34. The molecule has 0 aromatic carbocycles. The molecule has 1 N–H and O–H groups in total. The van der Waals surface area contributed by atoms with E-state index in [0.717, 1.165) is 5.69 Å². The van der Waals surface area contributed by atoms with E-state index in [1.54, 1.807) is 13.3 Å². The van der Waals surface area contributed by atoms with Crippen LogP contribution in [0, 0.1) is 0 Å². The summed E-state index contributed by atoms with van der Waals surface area (Å²) in [6, 6.07) is 1.94. The number of hydrogen-bond donors (Lipinski definition) is 1. The normalized spacial score (nSPS) is 15.6. The molecular weight excluding hydrogens is 230 g/mol. The lowest BCUT2D eigenvalue weighted by Gasteiger charge is -2.10. The van der Waals surface area contributed by atoms with E-state index in [1.165, 1.54) is 25.7 Å². The number of nitrogens with zero attached hydrogens (tertiary/aromatic N) is 2. The Morgan fingerprint density at radius 1 is 1.44 bits per heavy atom. The zero-order chi connectivity index (χ0) is 12.8. The van der Waals surface area contributed by atoms with E-state index >= 15 is 0 Å². The maximum Gasteiger partial charge on any atom is 0.325 e. The molecule has 1 fully saturated rings. The lowest BCUT2D eigenvalue weighted by molar-refractivity contribution is -0.140. The minimum absolute atomic E-state index is 0.148. The summed E-state index contributed by atoms with van der Waals surface area (Å²) < 4.78 is 4.85. The minimum atomic E-state index is -0.265. The maximum absolute atomic E-state index is 11.2. The van der Waals surface area contributed by atoms with Crippen LogP contribution >= 0.6 is 0 Å². The molecular formula is C13H19N3O2. The first-order valence-corrected chi connectivity index (χ1v) is 6.51. The van der Waals surface area contributed by atoms with Gasteiger partial charge in [0.2, 0.25) is 0 Å². The number of hydrogen-bond acceptors (Lipinski definition) is 5. The molecule has 0 spiro atoms. The van der Waals surface area contributed by atoms with Gasteiger partial charge in [-0.15, -0.1) is 0 Å². The molecule has 1 heterocycles. The van der Waals surface area contributed by atoms with Crippen LogP contribution in [0.4, 0.5) is 5.82 Å². The molecule has 1 aromatic rings. The Balaban J connectivity index is 1.92. The van der Waals surface area contributed by atoms with Crippen molar-refractivity contribution in [1.82, 2.24) is 9.97 Å². The van der Waals surface area contributed by atoms with Crippen LogP contribution in [0.5, 0.6) is 0 Å². The van der Waals surface area contributed by atoms with Crippen molar-refractivity contribution in [2.45, 2.75) is 38.5 Å². The van der Waals surface area contributed by atoms with Gasteiger partial charge in [-0.25, -0.2) is 9.97 Å². The first-order chi connectivity index (χ1) is 8.79. The third kappa shape index (κ3) is 3.42. The van der Waals surface area contributed by atoms with E-state index < -0.39 is 0 Å². The van der Waals surface area contributed by atoms with Crippen LogP contribution in [0.1, 0.15) is 44.2 Å². The first kappa shape index (κ1) is 12.8. The Hall–Kier alpha value is -1.65. The first-order valence-electron chi connectivity index (χ1n) is 6.51. The van der Waals surface area contributed by atoms with Crippen LogP contribution in [0.2, 0.25) is 0 Å². The Kier molecular flexibility index (Phi) is 4.50. The molecule has 0 amide bonds. The van der Waals surface area contributed by atoms with Crippen LogP contribution in [0.15, 0.2) is 12.4 Å². The molecule has 5 heteroatoms. The number of anilines is 1. The fraction of sp³-hybridized carbons (Fsp3) is 0.615. The number of carbonyl (C=O) groups is 1. The van der Waals surface area contributed by atoms with Crippen molar-refractivity contribution in [3.05, 3.63) is 18.1 Å². The zero-order valence-corrected chi connectivity index (χ0v) is 10.7. The number of esters is 1. The summed E-state index contributed by atoms with van der Waals surface area (Å²) in [7, 11) is 0. The minimum Gasteiger partial charge on any atom is -0.465 e. The van der Waals surface area contributed by atoms with Gasteiger partial charge in [0.15, 0.2) is 0 Å². The molecule has 0 unspecified atom stereocenters. The standard InChI is InChI=1S/C13H19N3O2/c1-2-18-13(17)8-14-12-7-11(15-9-16-12)10-5-3-4-6-10/h7,9-10H,2-6,8H2,1H3,(H,14,15,16). The van der Waals surface area contributed by atoms with Crippen molar-refractivity contribution in [2.75, 3.05) is 18.5 Å². The fourth-order valence-electron chi connectivity index (χ4n) is 2.29. The molecule has 1 aromatic heterocycles. The van der Waals surface area contributed by atoms with Crippen molar-refractivity contribution >= 4 is 11.8 Å². The smallest absolute Gasteiger partial charge is 0.325 e. The predicted molar refractivity (Wildman–Crippen MR) is 68.4 cm³/mol. The zero-order valence-electron chi connectivity index (χ0n) is 10.7. The van der Waals surface area contributed by atoms with Gasteiger partial charge in [0.1, 0.15) is 18.7 Å². The quantitative estimate of drug-likeness (QED) is 0.810. The molecule has 18 heavy (non-hydrogen) atoms. The van der Waals surface area contributed by atoms with Gasteiger partial charge in [0, 0.05) is 17.7 Å². The fourth-order valence-corrected chi connectivity index (χ4v) is 2.29. The Morgan fingerprint density at radius 3 is 2.94 bits per heavy atom. The highest BCUT2D eigenvalue weighted by Gasteiger charge is 2.18. The van der Waals surface area contributed by atoms with Gasteiger partial charge in [-0.3, -0.25) is 4.79 Å². The second kappa shape index (κ2) is 6.33. The number of ether oxygens (including phenoxy) is 1. The Labute approximate surface area is 107 Å². The van der Waals surface area contributed by atoms with Gasteiger partial charge in [0.05, 0.1) is 6.61 Å². The topological polar surface area (TPSA) is 64.1 Å². The van der Waals surface area contributed by atoms with Crippen molar-refractivity contribution in [1.29, 1.82) is 0 Å². The highest BCUT2D eigenvalue weighted by Crippen LogP contribution is 2.33. The second-order valence-electron chi connectivity index (χ2n) is 4.47. The largest absolute Gasteiger partial charge is 0.465 e. The van der Waals surface area contributed by atoms with Crippen molar-refractivity contribution in [2.24, 2.45) is 0 Å². The third-order valence-electron chi connectivity index (χ3n) is 3.18. The lowest BCUT2D eigenvalue weighted by Crippen LogP contribution is -2.17. The van der Waals surface area contributed by atoms with Crippen LogP contribution in [-0.4, -0.2) is 29.1 Å². The van der Waals surface area contributed by atoms with E-state index in [0.29, 0.717) is 18.3 Å². The van der Waals surface area contributed by atoms with E-state index in [2.05, 4.69) is 15.3 Å². The molecule has 1 aliphatic rings. The summed E-state index contributed by atoms with van der Waals surface area (Å²) >= 11 is 0. The Morgan fingerprint density at radius 2 is 2.22 bits per heavy atom. The molecule has 0 atom stereocenters. The van der Waals surface area contributed by atoms with Crippen LogP contribution in [0.25, 0.3) is 0 Å². The highest BCUT2D eigenvalue weighted by atomic mass is 16.5. The number of rotatable bonds is 5. The van der Waals surface area contributed by atoms with Crippen molar-refractivity contribution < 1.29 is 9.53 Å². The van der Waals surface area contributed by atoms with Gasteiger partial charge in [0.25, 0.3) is 0 Å². The van der Waals surface area contributed by atoms with Gasteiger partial charge in [-0.05, 0) is 19.8 Å². The molecule has 0 radical (unpaired) electrons.